The molecule has 0 radical (unpaired) electrons. The average molecular weight is 344 g/mol. The number of benzene rings is 1. The molecular weight excluding hydrogens is 334 g/mol. The van der Waals surface area contributed by atoms with E-state index < -0.39 is 0 Å². The fourth-order valence-electron chi connectivity index (χ4n) is 1.53. The lowest BCUT2D eigenvalue weighted by atomic mass is 10.0. The summed E-state index contributed by atoms with van der Waals surface area (Å²) < 4.78 is 13.8. The molecule has 1 aromatic carbocycles. The van der Waals surface area contributed by atoms with Gasteiger partial charge in [0.1, 0.15) is 5.82 Å². The van der Waals surface area contributed by atoms with Crippen molar-refractivity contribution in [3.05, 3.63) is 57.4 Å². The molecule has 1 aromatic heterocycles. The van der Waals surface area contributed by atoms with Gasteiger partial charge in [-0.3, -0.25) is 15.8 Å². The molecule has 0 aliphatic heterocycles. The van der Waals surface area contributed by atoms with E-state index in [2.05, 4.69) is 38.0 Å². The Morgan fingerprint density at radius 3 is 2.76 bits per heavy atom. The van der Waals surface area contributed by atoms with Crippen molar-refractivity contribution in [2.24, 2.45) is 5.84 Å². The summed E-state index contributed by atoms with van der Waals surface area (Å²) in [6, 6.07) is 4.25. The van der Waals surface area contributed by atoms with Crippen molar-refractivity contribution in [2.75, 3.05) is 0 Å². The summed E-state index contributed by atoms with van der Waals surface area (Å²) in [5.41, 5.74) is 4.23. The number of halogens is 2. The molecular formula is C11H10FIN4. The lowest BCUT2D eigenvalue weighted by molar-refractivity contribution is 0.603. The van der Waals surface area contributed by atoms with Gasteiger partial charge < -0.3 is 0 Å². The number of hydrogen-bond acceptors (Lipinski definition) is 4. The first-order chi connectivity index (χ1) is 8.22. The quantitative estimate of drug-likeness (QED) is 0.506. The Morgan fingerprint density at radius 2 is 2.18 bits per heavy atom. The zero-order valence-electron chi connectivity index (χ0n) is 8.77. The SMILES string of the molecule is NNC(c1cnccn1)c1ccc(F)cc1I. The molecule has 17 heavy (non-hydrogen) atoms. The van der Waals surface area contributed by atoms with Crippen molar-refractivity contribution in [2.45, 2.75) is 6.04 Å². The normalized spacial score (nSPS) is 12.4. The Hall–Kier alpha value is -1.12. The van der Waals surface area contributed by atoms with Gasteiger partial charge in [-0.15, -0.1) is 0 Å². The highest BCUT2D eigenvalue weighted by Crippen LogP contribution is 2.24. The van der Waals surface area contributed by atoms with Crippen LogP contribution in [0.25, 0.3) is 0 Å². The monoisotopic (exact) mass is 344 g/mol. The number of hydrazine groups is 1. The molecule has 6 heteroatoms. The predicted molar refractivity (Wildman–Crippen MR) is 70.3 cm³/mol. The van der Waals surface area contributed by atoms with Crippen LogP contribution in [0.1, 0.15) is 17.3 Å². The summed E-state index contributed by atoms with van der Waals surface area (Å²) in [5, 5.41) is 0. The van der Waals surface area contributed by atoms with Crippen LogP contribution in [0.15, 0.2) is 36.8 Å². The zero-order chi connectivity index (χ0) is 12.3. The van der Waals surface area contributed by atoms with E-state index in [1.54, 1.807) is 24.7 Å². The Balaban J connectivity index is 2.42. The zero-order valence-corrected chi connectivity index (χ0v) is 10.9. The Kier molecular flexibility index (Phi) is 3.97. The summed E-state index contributed by atoms with van der Waals surface area (Å²) in [4.78, 5) is 8.18. The molecule has 3 N–H and O–H groups in total. The molecule has 0 amide bonds. The predicted octanol–water partition coefficient (Wildman–Crippen LogP) is 1.77. The van der Waals surface area contributed by atoms with E-state index in [9.17, 15) is 4.39 Å². The second-order valence-electron chi connectivity index (χ2n) is 3.40. The van der Waals surface area contributed by atoms with Crippen molar-refractivity contribution in [3.8, 4) is 0 Å². The van der Waals surface area contributed by atoms with E-state index in [1.807, 2.05) is 0 Å². The minimum atomic E-state index is -0.295. The maximum Gasteiger partial charge on any atom is 0.124 e. The largest absolute Gasteiger partial charge is 0.271 e. The first kappa shape index (κ1) is 12.3. The first-order valence-electron chi connectivity index (χ1n) is 4.89. The molecule has 1 heterocycles. The molecule has 4 nitrogen and oxygen atoms in total. The van der Waals surface area contributed by atoms with Gasteiger partial charge in [-0.25, -0.2) is 9.82 Å². The smallest absolute Gasteiger partial charge is 0.124 e. The molecule has 1 atom stereocenters. The van der Waals surface area contributed by atoms with E-state index in [0.29, 0.717) is 5.69 Å². The van der Waals surface area contributed by atoms with Gasteiger partial charge in [0.15, 0.2) is 0 Å². The number of rotatable bonds is 3. The van der Waals surface area contributed by atoms with Crippen LogP contribution in [0, 0.1) is 9.39 Å². The summed E-state index contributed by atoms with van der Waals surface area (Å²) in [5.74, 6) is 5.26. The molecule has 0 bridgehead atoms. The van der Waals surface area contributed by atoms with Crippen molar-refractivity contribution < 1.29 is 4.39 Å². The summed E-state index contributed by atoms with van der Waals surface area (Å²) in [7, 11) is 0. The molecule has 0 saturated heterocycles. The maximum absolute atomic E-state index is 13.0. The van der Waals surface area contributed by atoms with Crippen LogP contribution in [0.4, 0.5) is 4.39 Å². The van der Waals surface area contributed by atoms with Gasteiger partial charge in [-0.1, -0.05) is 6.07 Å². The van der Waals surface area contributed by atoms with Crippen LogP contribution in [-0.4, -0.2) is 9.97 Å². The van der Waals surface area contributed by atoms with Gasteiger partial charge in [0.2, 0.25) is 0 Å². The summed E-state index contributed by atoms with van der Waals surface area (Å²) in [6.45, 7) is 0. The molecule has 0 fully saturated rings. The molecule has 0 spiro atoms. The van der Waals surface area contributed by atoms with E-state index in [4.69, 9.17) is 5.84 Å². The highest BCUT2D eigenvalue weighted by molar-refractivity contribution is 14.1. The molecule has 88 valence electrons. The Labute approximate surface area is 112 Å². The van der Waals surface area contributed by atoms with E-state index in [0.717, 1.165) is 9.13 Å². The van der Waals surface area contributed by atoms with Crippen LogP contribution in [0.2, 0.25) is 0 Å². The maximum atomic E-state index is 13.0. The van der Waals surface area contributed by atoms with E-state index >= 15 is 0 Å². The minimum absolute atomic E-state index is 0.270. The van der Waals surface area contributed by atoms with Crippen LogP contribution in [0.5, 0.6) is 0 Å². The lowest BCUT2D eigenvalue weighted by Crippen LogP contribution is -2.30. The Morgan fingerprint density at radius 1 is 1.35 bits per heavy atom. The lowest BCUT2D eigenvalue weighted by Gasteiger charge is -2.16. The van der Waals surface area contributed by atoms with E-state index in [1.165, 1.54) is 12.1 Å². The van der Waals surface area contributed by atoms with E-state index in [-0.39, 0.29) is 11.9 Å². The van der Waals surface area contributed by atoms with Crippen molar-refractivity contribution in [1.29, 1.82) is 0 Å². The number of aromatic nitrogens is 2. The third-order valence-corrected chi connectivity index (χ3v) is 3.25. The van der Waals surface area contributed by atoms with Gasteiger partial charge in [0.05, 0.1) is 17.9 Å². The summed E-state index contributed by atoms with van der Waals surface area (Å²) >= 11 is 2.07. The van der Waals surface area contributed by atoms with Crippen LogP contribution in [-0.2, 0) is 0 Å². The third-order valence-electron chi connectivity index (χ3n) is 2.32. The summed E-state index contributed by atoms with van der Waals surface area (Å²) in [6.07, 6.45) is 4.81. The van der Waals surface area contributed by atoms with Gasteiger partial charge in [0.25, 0.3) is 0 Å². The molecule has 0 aliphatic rings. The molecule has 0 aliphatic carbocycles. The highest BCUT2D eigenvalue weighted by Gasteiger charge is 2.16. The van der Waals surface area contributed by atoms with Crippen molar-refractivity contribution >= 4 is 22.6 Å². The number of hydrogen-bond donors (Lipinski definition) is 2. The molecule has 1 unspecified atom stereocenters. The second-order valence-corrected chi connectivity index (χ2v) is 4.56. The topological polar surface area (TPSA) is 63.8 Å². The molecule has 0 saturated carbocycles. The van der Waals surface area contributed by atoms with Gasteiger partial charge in [0, 0.05) is 16.0 Å². The second kappa shape index (κ2) is 5.48. The van der Waals surface area contributed by atoms with Crippen molar-refractivity contribution in [3.63, 3.8) is 0 Å². The third kappa shape index (κ3) is 2.76. The Bertz CT molecular complexity index is 506. The molecule has 2 aromatic rings. The molecule has 2 rings (SSSR count). The number of nitrogens with two attached hydrogens (primary N) is 1. The van der Waals surface area contributed by atoms with Gasteiger partial charge >= 0.3 is 0 Å². The number of nitrogens with zero attached hydrogens (tertiary/aromatic N) is 2. The van der Waals surface area contributed by atoms with Crippen LogP contribution < -0.4 is 11.3 Å². The van der Waals surface area contributed by atoms with Gasteiger partial charge in [-0.05, 0) is 40.3 Å². The van der Waals surface area contributed by atoms with Crippen LogP contribution >= 0.6 is 22.6 Å². The standard InChI is InChI=1S/C11H10FIN4/c12-7-1-2-8(9(13)5-7)11(17-14)10-6-15-3-4-16-10/h1-6,11,17H,14H2. The minimum Gasteiger partial charge on any atom is -0.271 e. The highest BCUT2D eigenvalue weighted by atomic mass is 127. The fourth-order valence-corrected chi connectivity index (χ4v) is 2.32. The number of nitrogens with one attached hydrogen (secondary N) is 1. The first-order valence-corrected chi connectivity index (χ1v) is 5.97. The van der Waals surface area contributed by atoms with Crippen molar-refractivity contribution in [1.82, 2.24) is 15.4 Å². The fraction of sp³-hybridized carbons (Fsp3) is 0.0909. The average Bonchev–Trinajstić information content (AvgIpc) is 2.34. The van der Waals surface area contributed by atoms with Crippen LogP contribution in [0.3, 0.4) is 0 Å². The van der Waals surface area contributed by atoms with Gasteiger partial charge in [-0.2, -0.15) is 0 Å².